The predicted molar refractivity (Wildman–Crippen MR) is 60.6 cm³/mol. The van der Waals surface area contributed by atoms with Crippen LogP contribution in [0.15, 0.2) is 18.2 Å². The molecule has 0 saturated heterocycles. The quantitative estimate of drug-likeness (QED) is 0.789. The topological polar surface area (TPSA) is 28.2 Å². The zero-order valence-corrected chi connectivity index (χ0v) is 9.41. The Morgan fingerprint density at radius 1 is 1.43 bits per heavy atom. The maximum Gasteiger partial charge on any atom is 0.126 e. The van der Waals surface area contributed by atoms with E-state index in [1.165, 1.54) is 0 Å². The Bertz CT molecular complexity index is 284. The van der Waals surface area contributed by atoms with Crippen molar-refractivity contribution in [2.75, 3.05) is 26.0 Å². The Kier molecular flexibility index (Phi) is 3.89. The number of aromatic nitrogens is 1. The maximum absolute atomic E-state index is 4.37. The van der Waals surface area contributed by atoms with Crippen molar-refractivity contribution in [1.82, 2.24) is 9.88 Å². The second-order valence-electron chi connectivity index (χ2n) is 3.86. The molecule has 3 heteroatoms. The van der Waals surface area contributed by atoms with E-state index in [1.54, 1.807) is 0 Å². The molecule has 0 aliphatic rings. The zero-order valence-electron chi connectivity index (χ0n) is 9.41. The molecule has 0 aliphatic heterocycles. The summed E-state index contributed by atoms with van der Waals surface area (Å²) in [5.74, 6) is 0.957. The van der Waals surface area contributed by atoms with Crippen LogP contribution in [0.1, 0.15) is 12.6 Å². The van der Waals surface area contributed by atoms with Crippen LogP contribution in [0.25, 0.3) is 0 Å². The van der Waals surface area contributed by atoms with Gasteiger partial charge in [-0.1, -0.05) is 6.07 Å². The van der Waals surface area contributed by atoms with Crippen LogP contribution in [0.3, 0.4) is 0 Å². The number of rotatable bonds is 4. The molecule has 14 heavy (non-hydrogen) atoms. The molecule has 0 fully saturated rings. The van der Waals surface area contributed by atoms with E-state index < -0.39 is 0 Å². The van der Waals surface area contributed by atoms with Gasteiger partial charge < -0.3 is 10.2 Å². The van der Waals surface area contributed by atoms with Gasteiger partial charge in [0.1, 0.15) is 5.82 Å². The van der Waals surface area contributed by atoms with Crippen LogP contribution in [-0.2, 0) is 0 Å². The van der Waals surface area contributed by atoms with Gasteiger partial charge in [-0.25, -0.2) is 4.98 Å². The smallest absolute Gasteiger partial charge is 0.126 e. The van der Waals surface area contributed by atoms with Gasteiger partial charge >= 0.3 is 0 Å². The molecular formula is C11H19N3. The Morgan fingerprint density at radius 3 is 2.71 bits per heavy atom. The first-order valence-electron chi connectivity index (χ1n) is 4.93. The highest BCUT2D eigenvalue weighted by atomic mass is 15.1. The van der Waals surface area contributed by atoms with E-state index in [9.17, 15) is 0 Å². The van der Waals surface area contributed by atoms with Crippen LogP contribution in [-0.4, -0.2) is 36.6 Å². The first-order valence-corrected chi connectivity index (χ1v) is 4.93. The minimum absolute atomic E-state index is 0.511. The van der Waals surface area contributed by atoms with Gasteiger partial charge in [0, 0.05) is 18.3 Å². The fraction of sp³-hybridized carbons (Fsp3) is 0.545. The van der Waals surface area contributed by atoms with E-state index in [0.29, 0.717) is 6.04 Å². The van der Waals surface area contributed by atoms with Gasteiger partial charge in [0.25, 0.3) is 0 Å². The van der Waals surface area contributed by atoms with Crippen molar-refractivity contribution in [1.29, 1.82) is 0 Å². The van der Waals surface area contributed by atoms with Crippen molar-refractivity contribution in [3.8, 4) is 0 Å². The van der Waals surface area contributed by atoms with E-state index in [-0.39, 0.29) is 0 Å². The Labute approximate surface area is 86.2 Å². The zero-order chi connectivity index (χ0) is 10.6. The molecule has 0 radical (unpaired) electrons. The Morgan fingerprint density at radius 2 is 2.14 bits per heavy atom. The number of hydrogen-bond donors (Lipinski definition) is 1. The molecule has 1 aromatic rings. The first-order chi connectivity index (χ1) is 6.59. The third kappa shape index (κ3) is 3.34. The monoisotopic (exact) mass is 193 g/mol. The predicted octanol–water partition coefficient (Wildman–Crippen LogP) is 1.75. The number of pyridine rings is 1. The summed E-state index contributed by atoms with van der Waals surface area (Å²) in [6.45, 7) is 5.10. The molecule has 1 atom stereocenters. The molecule has 0 aliphatic carbocycles. The fourth-order valence-electron chi connectivity index (χ4n) is 1.08. The van der Waals surface area contributed by atoms with Crippen LogP contribution in [0.5, 0.6) is 0 Å². The summed E-state index contributed by atoms with van der Waals surface area (Å²) < 4.78 is 0. The largest absolute Gasteiger partial charge is 0.369 e. The van der Waals surface area contributed by atoms with Crippen LogP contribution >= 0.6 is 0 Å². The summed E-state index contributed by atoms with van der Waals surface area (Å²) in [7, 11) is 4.16. The summed E-state index contributed by atoms with van der Waals surface area (Å²) in [6, 6.07) is 6.53. The lowest BCUT2D eigenvalue weighted by molar-refractivity contribution is 0.326. The molecule has 1 N–H and O–H groups in total. The second-order valence-corrected chi connectivity index (χ2v) is 3.86. The molecule has 0 bridgehead atoms. The van der Waals surface area contributed by atoms with E-state index in [2.05, 4.69) is 36.2 Å². The minimum atomic E-state index is 0.511. The van der Waals surface area contributed by atoms with E-state index in [4.69, 9.17) is 0 Å². The molecule has 0 amide bonds. The fourth-order valence-corrected chi connectivity index (χ4v) is 1.08. The van der Waals surface area contributed by atoms with Crippen LogP contribution < -0.4 is 5.32 Å². The summed E-state index contributed by atoms with van der Waals surface area (Å²) in [6.07, 6.45) is 0. The van der Waals surface area contributed by atoms with Crippen LogP contribution in [0, 0.1) is 6.92 Å². The van der Waals surface area contributed by atoms with Gasteiger partial charge in [-0.05, 0) is 40.1 Å². The second kappa shape index (κ2) is 4.96. The summed E-state index contributed by atoms with van der Waals surface area (Å²) in [4.78, 5) is 6.56. The molecule has 0 aromatic carbocycles. The molecule has 1 heterocycles. The number of aryl methyl sites for hydroxylation is 1. The van der Waals surface area contributed by atoms with E-state index in [0.717, 1.165) is 18.1 Å². The van der Waals surface area contributed by atoms with Crippen molar-refractivity contribution in [2.24, 2.45) is 0 Å². The minimum Gasteiger partial charge on any atom is -0.369 e. The molecule has 78 valence electrons. The van der Waals surface area contributed by atoms with Crippen LogP contribution in [0.2, 0.25) is 0 Å². The van der Waals surface area contributed by atoms with Crippen molar-refractivity contribution in [3.05, 3.63) is 23.9 Å². The summed E-state index contributed by atoms with van der Waals surface area (Å²) in [5, 5.41) is 3.31. The first kappa shape index (κ1) is 11.0. The maximum atomic E-state index is 4.37. The number of nitrogens with zero attached hydrogens (tertiary/aromatic N) is 2. The Hall–Kier alpha value is -1.09. The highest BCUT2D eigenvalue weighted by molar-refractivity contribution is 5.35. The van der Waals surface area contributed by atoms with Gasteiger partial charge in [-0.3, -0.25) is 0 Å². The Balaban J connectivity index is 2.45. The molecule has 1 unspecified atom stereocenters. The lowest BCUT2D eigenvalue weighted by Gasteiger charge is -2.20. The average molecular weight is 193 g/mol. The number of anilines is 1. The van der Waals surface area contributed by atoms with Gasteiger partial charge in [0.05, 0.1) is 0 Å². The van der Waals surface area contributed by atoms with E-state index in [1.807, 2.05) is 25.1 Å². The number of nitrogens with one attached hydrogen (secondary N) is 1. The molecule has 1 rings (SSSR count). The third-order valence-electron chi connectivity index (χ3n) is 2.35. The normalized spacial score (nSPS) is 12.9. The van der Waals surface area contributed by atoms with Crippen molar-refractivity contribution >= 4 is 5.82 Å². The van der Waals surface area contributed by atoms with Crippen molar-refractivity contribution in [3.63, 3.8) is 0 Å². The lowest BCUT2D eigenvalue weighted by Crippen LogP contribution is -2.31. The summed E-state index contributed by atoms with van der Waals surface area (Å²) >= 11 is 0. The highest BCUT2D eigenvalue weighted by Gasteiger charge is 2.03. The summed E-state index contributed by atoms with van der Waals surface area (Å²) in [5.41, 5.74) is 1.05. The van der Waals surface area contributed by atoms with E-state index >= 15 is 0 Å². The van der Waals surface area contributed by atoms with Crippen molar-refractivity contribution < 1.29 is 0 Å². The average Bonchev–Trinajstić information content (AvgIpc) is 2.14. The van der Waals surface area contributed by atoms with Gasteiger partial charge in [0.2, 0.25) is 0 Å². The van der Waals surface area contributed by atoms with Gasteiger partial charge in [-0.2, -0.15) is 0 Å². The van der Waals surface area contributed by atoms with Crippen LogP contribution in [0.4, 0.5) is 5.82 Å². The molecule has 3 nitrogen and oxygen atoms in total. The molecule has 0 saturated carbocycles. The highest BCUT2D eigenvalue weighted by Crippen LogP contribution is 2.04. The number of hydrogen-bond acceptors (Lipinski definition) is 3. The third-order valence-corrected chi connectivity index (χ3v) is 2.35. The number of likely N-dealkylation sites (N-methyl/N-ethyl adjacent to an activating group) is 1. The molecular weight excluding hydrogens is 174 g/mol. The molecule has 1 aromatic heterocycles. The van der Waals surface area contributed by atoms with Crippen molar-refractivity contribution in [2.45, 2.75) is 19.9 Å². The lowest BCUT2D eigenvalue weighted by atomic mass is 10.3. The van der Waals surface area contributed by atoms with Gasteiger partial charge in [0.15, 0.2) is 0 Å². The molecule has 0 spiro atoms. The standard InChI is InChI=1S/C11H19N3/c1-9-6-5-7-11(13-9)12-8-10(2)14(3)4/h5-7,10H,8H2,1-4H3,(H,12,13). The van der Waals surface area contributed by atoms with Gasteiger partial charge in [-0.15, -0.1) is 0 Å². The SMILES string of the molecule is Cc1cccc(NCC(C)N(C)C)n1.